The molecule has 0 saturated heterocycles. The molecule has 0 aromatic heterocycles. The zero-order chi connectivity index (χ0) is 12.8. The molecule has 1 saturated carbocycles. The summed E-state index contributed by atoms with van der Waals surface area (Å²) in [6.07, 6.45) is 3.38. The standard InChI is InChI=1S/C11H20N2O4/c1-7-2-3-8(4-7)5-12-11(17)13-9(6-14)10(15)16/h7-9,14H,2-6H2,1H3,(H,15,16)(H2,12,13,17)/t7?,8?,9-/m0/s1. The second-order valence-electron chi connectivity index (χ2n) is 4.71. The van der Waals surface area contributed by atoms with Crippen molar-refractivity contribution < 1.29 is 19.8 Å². The highest BCUT2D eigenvalue weighted by Crippen LogP contribution is 2.29. The van der Waals surface area contributed by atoms with Gasteiger partial charge in [-0.25, -0.2) is 9.59 Å². The number of hydrogen-bond acceptors (Lipinski definition) is 3. The van der Waals surface area contributed by atoms with Crippen LogP contribution in [-0.4, -0.2) is 41.4 Å². The molecule has 0 heterocycles. The van der Waals surface area contributed by atoms with Crippen LogP contribution in [-0.2, 0) is 4.79 Å². The molecule has 17 heavy (non-hydrogen) atoms. The van der Waals surface area contributed by atoms with Crippen LogP contribution in [0.4, 0.5) is 4.79 Å². The number of carboxylic acid groups (broad SMARTS) is 1. The van der Waals surface area contributed by atoms with Crippen LogP contribution in [0.3, 0.4) is 0 Å². The highest BCUT2D eigenvalue weighted by atomic mass is 16.4. The highest BCUT2D eigenvalue weighted by molar-refractivity contribution is 5.82. The first-order valence-electron chi connectivity index (χ1n) is 5.91. The number of carboxylic acids is 1. The molecule has 1 aliphatic carbocycles. The zero-order valence-electron chi connectivity index (χ0n) is 9.98. The highest BCUT2D eigenvalue weighted by Gasteiger charge is 2.23. The van der Waals surface area contributed by atoms with Crippen molar-refractivity contribution in [2.75, 3.05) is 13.2 Å². The number of aliphatic hydroxyl groups is 1. The van der Waals surface area contributed by atoms with E-state index in [1.54, 1.807) is 0 Å². The Morgan fingerprint density at radius 3 is 2.59 bits per heavy atom. The molecule has 0 bridgehead atoms. The van der Waals surface area contributed by atoms with E-state index >= 15 is 0 Å². The fourth-order valence-electron chi connectivity index (χ4n) is 2.14. The maximum Gasteiger partial charge on any atom is 0.328 e. The Bertz CT molecular complexity index is 283. The van der Waals surface area contributed by atoms with Crippen LogP contribution in [0.25, 0.3) is 0 Å². The number of hydrogen-bond donors (Lipinski definition) is 4. The lowest BCUT2D eigenvalue weighted by Gasteiger charge is -2.15. The number of carbonyl (C=O) groups is 2. The van der Waals surface area contributed by atoms with E-state index in [2.05, 4.69) is 17.6 Å². The number of carbonyl (C=O) groups excluding carboxylic acids is 1. The smallest absolute Gasteiger partial charge is 0.328 e. The Hall–Kier alpha value is -1.30. The molecule has 0 radical (unpaired) electrons. The molecule has 3 atom stereocenters. The molecule has 0 aromatic rings. The number of aliphatic hydroxyl groups excluding tert-OH is 1. The Kier molecular flexibility index (Phi) is 5.21. The fraction of sp³-hybridized carbons (Fsp3) is 0.818. The van der Waals surface area contributed by atoms with Crippen molar-refractivity contribution in [2.24, 2.45) is 11.8 Å². The predicted octanol–water partition coefficient (Wildman–Crippen LogP) is 0.167. The van der Waals surface area contributed by atoms with Crippen LogP contribution in [0.2, 0.25) is 0 Å². The quantitative estimate of drug-likeness (QED) is 0.554. The number of urea groups is 1. The molecule has 0 aliphatic heterocycles. The number of amides is 2. The summed E-state index contributed by atoms with van der Waals surface area (Å²) in [6.45, 7) is 2.14. The maximum atomic E-state index is 11.4. The third kappa shape index (κ3) is 4.60. The fourth-order valence-corrected chi connectivity index (χ4v) is 2.14. The Morgan fingerprint density at radius 1 is 1.41 bits per heavy atom. The molecule has 4 N–H and O–H groups in total. The molecule has 2 unspecified atom stereocenters. The number of rotatable bonds is 5. The average Bonchev–Trinajstić information content (AvgIpc) is 2.68. The second kappa shape index (κ2) is 6.44. The van der Waals surface area contributed by atoms with Crippen molar-refractivity contribution in [1.82, 2.24) is 10.6 Å². The van der Waals surface area contributed by atoms with Gasteiger partial charge in [-0.2, -0.15) is 0 Å². The van der Waals surface area contributed by atoms with Crippen LogP contribution in [0.15, 0.2) is 0 Å². The first-order chi connectivity index (χ1) is 8.02. The van der Waals surface area contributed by atoms with Gasteiger partial charge in [-0.3, -0.25) is 0 Å². The number of aliphatic carboxylic acids is 1. The molecular weight excluding hydrogens is 224 g/mol. The maximum absolute atomic E-state index is 11.4. The van der Waals surface area contributed by atoms with Gasteiger partial charge in [0.25, 0.3) is 0 Å². The molecule has 98 valence electrons. The van der Waals surface area contributed by atoms with Gasteiger partial charge in [-0.15, -0.1) is 0 Å². The largest absolute Gasteiger partial charge is 0.480 e. The van der Waals surface area contributed by atoms with E-state index in [0.717, 1.165) is 12.8 Å². The van der Waals surface area contributed by atoms with Gasteiger partial charge in [-0.05, 0) is 24.7 Å². The van der Waals surface area contributed by atoms with Gasteiger partial charge in [0.05, 0.1) is 6.61 Å². The molecule has 6 nitrogen and oxygen atoms in total. The van der Waals surface area contributed by atoms with Crippen LogP contribution in [0.5, 0.6) is 0 Å². The third-order valence-electron chi connectivity index (χ3n) is 3.14. The summed E-state index contributed by atoms with van der Waals surface area (Å²) in [5.41, 5.74) is 0. The minimum Gasteiger partial charge on any atom is -0.480 e. The first kappa shape index (κ1) is 13.8. The molecule has 1 fully saturated rings. The lowest BCUT2D eigenvalue weighted by Crippen LogP contribution is -2.48. The molecule has 6 heteroatoms. The third-order valence-corrected chi connectivity index (χ3v) is 3.14. The molecule has 0 aromatic carbocycles. The van der Waals surface area contributed by atoms with Crippen LogP contribution < -0.4 is 10.6 Å². The lowest BCUT2D eigenvalue weighted by molar-refractivity contribution is -0.140. The van der Waals surface area contributed by atoms with E-state index < -0.39 is 24.6 Å². The summed E-state index contributed by atoms with van der Waals surface area (Å²) >= 11 is 0. The number of nitrogens with one attached hydrogen (secondary N) is 2. The van der Waals surface area contributed by atoms with E-state index in [1.165, 1.54) is 6.42 Å². The molecule has 0 spiro atoms. The van der Waals surface area contributed by atoms with Crippen molar-refractivity contribution in [2.45, 2.75) is 32.2 Å². The van der Waals surface area contributed by atoms with Crippen LogP contribution >= 0.6 is 0 Å². The van der Waals surface area contributed by atoms with E-state index in [1.807, 2.05) is 0 Å². The van der Waals surface area contributed by atoms with Gasteiger partial charge in [0.15, 0.2) is 6.04 Å². The second-order valence-corrected chi connectivity index (χ2v) is 4.71. The predicted molar refractivity (Wildman–Crippen MR) is 61.5 cm³/mol. The van der Waals surface area contributed by atoms with Gasteiger partial charge < -0.3 is 20.8 Å². The summed E-state index contributed by atoms with van der Waals surface area (Å²) < 4.78 is 0. The minimum atomic E-state index is -1.24. The van der Waals surface area contributed by atoms with Gasteiger partial charge in [0.1, 0.15) is 0 Å². The van der Waals surface area contributed by atoms with Crippen molar-refractivity contribution in [3.05, 3.63) is 0 Å². The summed E-state index contributed by atoms with van der Waals surface area (Å²) in [7, 11) is 0. The molecule has 1 aliphatic rings. The topological polar surface area (TPSA) is 98.7 Å². The van der Waals surface area contributed by atoms with Crippen molar-refractivity contribution in [3.63, 3.8) is 0 Å². The normalized spacial score (nSPS) is 25.3. The Morgan fingerprint density at radius 2 is 2.12 bits per heavy atom. The van der Waals surface area contributed by atoms with Gasteiger partial charge in [-0.1, -0.05) is 13.3 Å². The zero-order valence-corrected chi connectivity index (χ0v) is 9.98. The van der Waals surface area contributed by atoms with Crippen LogP contribution in [0.1, 0.15) is 26.2 Å². The monoisotopic (exact) mass is 244 g/mol. The summed E-state index contributed by atoms with van der Waals surface area (Å²) in [5, 5.41) is 22.2. The van der Waals surface area contributed by atoms with Gasteiger partial charge >= 0.3 is 12.0 Å². The summed E-state index contributed by atoms with van der Waals surface area (Å²) in [6, 6.07) is -1.77. The minimum absolute atomic E-state index is 0.480. The van der Waals surface area contributed by atoms with E-state index in [9.17, 15) is 9.59 Å². The molecule has 2 amide bonds. The summed E-state index contributed by atoms with van der Waals surface area (Å²) in [4.78, 5) is 21.9. The van der Waals surface area contributed by atoms with Gasteiger partial charge in [0.2, 0.25) is 0 Å². The first-order valence-corrected chi connectivity index (χ1v) is 5.91. The van der Waals surface area contributed by atoms with E-state index in [0.29, 0.717) is 18.4 Å². The van der Waals surface area contributed by atoms with Crippen molar-refractivity contribution >= 4 is 12.0 Å². The lowest BCUT2D eigenvalue weighted by atomic mass is 10.1. The van der Waals surface area contributed by atoms with Crippen molar-refractivity contribution in [1.29, 1.82) is 0 Å². The Labute approximate surface area is 100 Å². The Balaban J connectivity index is 2.23. The summed E-state index contributed by atoms with van der Waals surface area (Å²) in [5.74, 6) is -0.0561. The average molecular weight is 244 g/mol. The molecular formula is C11H20N2O4. The molecule has 1 rings (SSSR count). The van der Waals surface area contributed by atoms with Crippen LogP contribution in [0, 0.1) is 11.8 Å². The van der Waals surface area contributed by atoms with E-state index in [-0.39, 0.29) is 0 Å². The van der Waals surface area contributed by atoms with Gasteiger partial charge in [0, 0.05) is 6.54 Å². The van der Waals surface area contributed by atoms with Crippen molar-refractivity contribution in [3.8, 4) is 0 Å². The van der Waals surface area contributed by atoms with E-state index in [4.69, 9.17) is 10.2 Å². The SMILES string of the molecule is CC1CCC(CNC(=O)N[C@@H](CO)C(=O)O)C1.